The van der Waals surface area contributed by atoms with Gasteiger partial charge in [-0.1, -0.05) is 18.2 Å². The quantitative estimate of drug-likeness (QED) is 0.628. The van der Waals surface area contributed by atoms with Crippen molar-refractivity contribution in [2.45, 2.75) is 13.0 Å². The van der Waals surface area contributed by atoms with Crippen molar-refractivity contribution in [3.63, 3.8) is 0 Å². The van der Waals surface area contributed by atoms with Gasteiger partial charge in [-0.2, -0.15) is 0 Å². The van der Waals surface area contributed by atoms with E-state index in [1.807, 2.05) is 30.3 Å². The van der Waals surface area contributed by atoms with Crippen LogP contribution in [-0.2, 0) is 6.54 Å². The first kappa shape index (κ1) is 11.7. The van der Waals surface area contributed by atoms with E-state index in [1.165, 1.54) is 4.57 Å². The molecule has 0 fully saturated rings. The summed E-state index contributed by atoms with van der Waals surface area (Å²) in [5, 5.41) is 5.03. The minimum atomic E-state index is -0.213. The fourth-order valence-electron chi connectivity index (χ4n) is 1.47. The van der Waals surface area contributed by atoms with Gasteiger partial charge in [0.25, 0.3) is 0 Å². The molecule has 0 atom stereocenters. The number of para-hydroxylation sites is 1. The summed E-state index contributed by atoms with van der Waals surface area (Å²) in [6, 6.07) is 9.57. The van der Waals surface area contributed by atoms with Crippen molar-refractivity contribution in [3.8, 4) is 5.75 Å². The summed E-state index contributed by atoms with van der Waals surface area (Å²) in [5.74, 6) is 0.832. The fourth-order valence-corrected chi connectivity index (χ4v) is 1.69. The van der Waals surface area contributed by atoms with E-state index in [9.17, 15) is 4.79 Å². The lowest BCUT2D eigenvalue weighted by molar-refractivity contribution is 0.300. The zero-order valence-corrected chi connectivity index (χ0v) is 10.00. The number of aromatic nitrogens is 3. The van der Waals surface area contributed by atoms with Gasteiger partial charge in [-0.15, -0.1) is 0 Å². The van der Waals surface area contributed by atoms with Crippen LogP contribution in [0.3, 0.4) is 0 Å². The summed E-state index contributed by atoms with van der Waals surface area (Å²) in [5.41, 5.74) is -0.213. The highest BCUT2D eigenvalue weighted by Gasteiger charge is 1.99. The minimum Gasteiger partial charge on any atom is -0.494 e. The molecule has 5 nitrogen and oxygen atoms in total. The summed E-state index contributed by atoms with van der Waals surface area (Å²) in [6.07, 6.45) is 0.726. The molecule has 1 aromatic carbocycles. The summed E-state index contributed by atoms with van der Waals surface area (Å²) in [7, 11) is 0. The Morgan fingerprint density at radius 2 is 2.00 bits per heavy atom. The van der Waals surface area contributed by atoms with E-state index in [4.69, 9.17) is 17.0 Å². The lowest BCUT2D eigenvalue weighted by Gasteiger charge is -2.05. The smallest absolute Gasteiger partial charge is 0.342 e. The predicted molar refractivity (Wildman–Crippen MR) is 66.8 cm³/mol. The first-order chi connectivity index (χ1) is 8.27. The Morgan fingerprint density at radius 3 is 2.65 bits per heavy atom. The Labute approximate surface area is 103 Å². The maximum absolute atomic E-state index is 11.3. The number of aromatic amines is 2. The average Bonchev–Trinajstić information content (AvgIpc) is 2.67. The zero-order chi connectivity index (χ0) is 12.1. The Kier molecular flexibility index (Phi) is 3.77. The van der Waals surface area contributed by atoms with E-state index in [0.717, 1.165) is 12.2 Å². The van der Waals surface area contributed by atoms with Gasteiger partial charge in [0.15, 0.2) is 4.77 Å². The number of nitrogens with one attached hydrogen (secondary N) is 2. The van der Waals surface area contributed by atoms with Crippen molar-refractivity contribution in [2.24, 2.45) is 0 Å². The second kappa shape index (κ2) is 5.49. The molecule has 2 rings (SSSR count). The largest absolute Gasteiger partial charge is 0.494 e. The molecule has 0 spiro atoms. The van der Waals surface area contributed by atoms with Crippen molar-refractivity contribution in [3.05, 3.63) is 45.6 Å². The number of H-pyrrole nitrogens is 2. The number of benzene rings is 1. The van der Waals surface area contributed by atoms with Crippen molar-refractivity contribution in [1.82, 2.24) is 14.8 Å². The molecule has 0 amide bonds. The molecule has 2 aromatic rings. The monoisotopic (exact) mass is 251 g/mol. The summed E-state index contributed by atoms with van der Waals surface area (Å²) < 4.78 is 7.40. The van der Waals surface area contributed by atoms with Crippen LogP contribution in [0.1, 0.15) is 6.42 Å². The average molecular weight is 251 g/mol. The molecule has 2 N–H and O–H groups in total. The lowest BCUT2D eigenvalue weighted by Crippen LogP contribution is -2.18. The van der Waals surface area contributed by atoms with Gasteiger partial charge in [-0.05, 0) is 30.8 Å². The zero-order valence-electron chi connectivity index (χ0n) is 9.18. The molecule has 6 heteroatoms. The highest BCUT2D eigenvalue weighted by Crippen LogP contribution is 2.08. The van der Waals surface area contributed by atoms with Crippen molar-refractivity contribution < 1.29 is 4.74 Å². The van der Waals surface area contributed by atoms with Crippen LogP contribution in [0.4, 0.5) is 0 Å². The Hall–Kier alpha value is -1.82. The van der Waals surface area contributed by atoms with Gasteiger partial charge >= 0.3 is 5.69 Å². The van der Waals surface area contributed by atoms with Gasteiger partial charge in [0, 0.05) is 6.54 Å². The van der Waals surface area contributed by atoms with Gasteiger partial charge in [-0.3, -0.25) is 9.67 Å². The van der Waals surface area contributed by atoms with E-state index in [2.05, 4.69) is 10.2 Å². The van der Waals surface area contributed by atoms with Crippen LogP contribution in [0.15, 0.2) is 35.1 Å². The predicted octanol–water partition coefficient (Wildman–Crippen LogP) is 1.70. The summed E-state index contributed by atoms with van der Waals surface area (Å²) in [6.45, 7) is 1.10. The molecular weight excluding hydrogens is 238 g/mol. The third-order valence-electron chi connectivity index (χ3n) is 2.30. The molecule has 0 saturated carbocycles. The molecule has 0 aliphatic rings. The third-order valence-corrected chi connectivity index (χ3v) is 2.63. The van der Waals surface area contributed by atoms with E-state index in [0.29, 0.717) is 17.9 Å². The van der Waals surface area contributed by atoms with Gasteiger partial charge < -0.3 is 4.74 Å². The molecule has 0 bridgehead atoms. The molecule has 1 heterocycles. The molecule has 1 aromatic heterocycles. The van der Waals surface area contributed by atoms with Gasteiger partial charge in [-0.25, -0.2) is 9.89 Å². The van der Waals surface area contributed by atoms with Gasteiger partial charge in [0.1, 0.15) is 5.75 Å². The molecule has 0 aliphatic carbocycles. The normalized spacial score (nSPS) is 10.4. The number of rotatable bonds is 5. The first-order valence-corrected chi connectivity index (χ1v) is 5.73. The van der Waals surface area contributed by atoms with Crippen LogP contribution in [0.2, 0.25) is 0 Å². The second-order valence-electron chi connectivity index (χ2n) is 3.53. The van der Waals surface area contributed by atoms with Crippen molar-refractivity contribution in [1.29, 1.82) is 0 Å². The van der Waals surface area contributed by atoms with Crippen LogP contribution < -0.4 is 10.4 Å². The third kappa shape index (κ3) is 3.07. The Morgan fingerprint density at radius 1 is 1.24 bits per heavy atom. The lowest BCUT2D eigenvalue weighted by atomic mass is 10.3. The molecule has 90 valence electrons. The second-order valence-corrected chi connectivity index (χ2v) is 3.91. The van der Waals surface area contributed by atoms with Crippen molar-refractivity contribution in [2.75, 3.05) is 6.61 Å². The number of ether oxygens (including phenoxy) is 1. The first-order valence-electron chi connectivity index (χ1n) is 5.33. The molecule has 0 radical (unpaired) electrons. The van der Waals surface area contributed by atoms with E-state index in [-0.39, 0.29) is 5.69 Å². The SMILES string of the molecule is O=c1[nH][nH]c(=S)n1CCCOc1ccccc1. The number of hydrogen-bond acceptors (Lipinski definition) is 3. The van der Waals surface area contributed by atoms with E-state index in [1.54, 1.807) is 0 Å². The highest BCUT2D eigenvalue weighted by molar-refractivity contribution is 7.71. The van der Waals surface area contributed by atoms with Gasteiger partial charge in [0.05, 0.1) is 6.61 Å². The molecule has 0 unspecified atom stereocenters. The maximum atomic E-state index is 11.3. The van der Waals surface area contributed by atoms with E-state index < -0.39 is 0 Å². The molecular formula is C11H13N3O2S. The summed E-state index contributed by atoms with van der Waals surface area (Å²) in [4.78, 5) is 11.3. The standard InChI is InChI=1S/C11H13N3O2S/c15-10-12-13-11(17)14(10)7-4-8-16-9-5-2-1-3-6-9/h1-3,5-6H,4,7-8H2,(H,12,15)(H,13,17). The Bertz CT molecular complexity index is 543. The minimum absolute atomic E-state index is 0.213. The fraction of sp³-hybridized carbons (Fsp3) is 0.273. The maximum Gasteiger partial charge on any atom is 0.342 e. The van der Waals surface area contributed by atoms with Crippen LogP contribution in [0, 0.1) is 4.77 Å². The van der Waals surface area contributed by atoms with Crippen LogP contribution in [0.25, 0.3) is 0 Å². The van der Waals surface area contributed by atoms with Gasteiger partial charge in [0.2, 0.25) is 0 Å². The van der Waals surface area contributed by atoms with Crippen LogP contribution in [0.5, 0.6) is 5.75 Å². The Balaban J connectivity index is 1.81. The van der Waals surface area contributed by atoms with Crippen LogP contribution >= 0.6 is 12.2 Å². The number of nitrogens with zero attached hydrogens (tertiary/aromatic N) is 1. The van der Waals surface area contributed by atoms with E-state index >= 15 is 0 Å². The molecule has 0 saturated heterocycles. The summed E-state index contributed by atoms with van der Waals surface area (Å²) >= 11 is 4.95. The van der Waals surface area contributed by atoms with Crippen LogP contribution in [-0.4, -0.2) is 21.4 Å². The molecule has 17 heavy (non-hydrogen) atoms. The number of hydrogen-bond donors (Lipinski definition) is 2. The highest BCUT2D eigenvalue weighted by atomic mass is 32.1. The molecule has 0 aliphatic heterocycles. The topological polar surface area (TPSA) is 62.8 Å². The van der Waals surface area contributed by atoms with Crippen molar-refractivity contribution >= 4 is 12.2 Å².